The molecule has 132 valence electrons. The number of benzene rings is 2. The number of amides is 2. The van der Waals surface area contributed by atoms with Crippen LogP contribution in [0.5, 0.6) is 0 Å². The van der Waals surface area contributed by atoms with E-state index in [0.717, 1.165) is 16.5 Å². The SMILES string of the molecule is O=C(Nc1cccc(CN2CCOC2=O)c1)c1cc2cc(Cl)ccc2[nH]1. The molecular weight excluding hydrogens is 354 g/mol. The highest BCUT2D eigenvalue weighted by Gasteiger charge is 2.21. The summed E-state index contributed by atoms with van der Waals surface area (Å²) in [5, 5.41) is 4.37. The fourth-order valence-corrected chi connectivity index (χ4v) is 3.14. The number of H-pyrrole nitrogens is 1. The third-order valence-electron chi connectivity index (χ3n) is 4.23. The topological polar surface area (TPSA) is 74.4 Å². The van der Waals surface area contributed by atoms with E-state index in [-0.39, 0.29) is 12.0 Å². The van der Waals surface area contributed by atoms with Crippen molar-refractivity contribution in [2.45, 2.75) is 6.54 Å². The molecule has 0 atom stereocenters. The van der Waals surface area contributed by atoms with Gasteiger partial charge in [0.25, 0.3) is 5.91 Å². The van der Waals surface area contributed by atoms with Gasteiger partial charge in [-0.15, -0.1) is 0 Å². The van der Waals surface area contributed by atoms with Crippen molar-refractivity contribution < 1.29 is 14.3 Å². The number of hydrogen-bond acceptors (Lipinski definition) is 3. The molecule has 1 aromatic heterocycles. The summed E-state index contributed by atoms with van der Waals surface area (Å²) >= 11 is 5.98. The number of carbonyl (C=O) groups is 2. The molecule has 2 N–H and O–H groups in total. The Hall–Kier alpha value is -2.99. The number of ether oxygens (including phenoxy) is 1. The molecule has 0 bridgehead atoms. The third kappa shape index (κ3) is 3.36. The van der Waals surface area contributed by atoms with Crippen molar-refractivity contribution in [1.29, 1.82) is 0 Å². The van der Waals surface area contributed by atoms with E-state index >= 15 is 0 Å². The van der Waals surface area contributed by atoms with Crippen LogP contribution in [0.1, 0.15) is 16.1 Å². The quantitative estimate of drug-likeness (QED) is 0.729. The van der Waals surface area contributed by atoms with E-state index in [4.69, 9.17) is 16.3 Å². The van der Waals surface area contributed by atoms with Gasteiger partial charge in [0.1, 0.15) is 12.3 Å². The van der Waals surface area contributed by atoms with E-state index < -0.39 is 0 Å². The summed E-state index contributed by atoms with van der Waals surface area (Å²) in [6.45, 7) is 1.44. The monoisotopic (exact) mass is 369 g/mol. The minimum atomic E-state index is -0.309. The first kappa shape index (κ1) is 16.5. The molecular formula is C19H16ClN3O3. The van der Waals surface area contributed by atoms with Crippen LogP contribution in [0.25, 0.3) is 10.9 Å². The molecule has 1 saturated heterocycles. The van der Waals surface area contributed by atoms with Gasteiger partial charge in [-0.1, -0.05) is 23.7 Å². The molecule has 3 aromatic rings. The molecule has 1 aliphatic heterocycles. The first-order valence-electron chi connectivity index (χ1n) is 8.19. The van der Waals surface area contributed by atoms with E-state index in [1.165, 1.54) is 0 Å². The van der Waals surface area contributed by atoms with Crippen molar-refractivity contribution >= 4 is 40.2 Å². The Labute approximate surface area is 154 Å². The van der Waals surface area contributed by atoms with Gasteiger partial charge < -0.3 is 19.9 Å². The number of hydrogen-bond donors (Lipinski definition) is 2. The molecule has 2 heterocycles. The van der Waals surface area contributed by atoms with Gasteiger partial charge in [-0.25, -0.2) is 4.79 Å². The largest absolute Gasteiger partial charge is 0.448 e. The molecule has 1 fully saturated rings. The lowest BCUT2D eigenvalue weighted by molar-refractivity contribution is 0.102. The zero-order valence-corrected chi connectivity index (χ0v) is 14.5. The lowest BCUT2D eigenvalue weighted by atomic mass is 10.2. The van der Waals surface area contributed by atoms with Crippen molar-refractivity contribution in [1.82, 2.24) is 9.88 Å². The number of aromatic amines is 1. The average Bonchev–Trinajstić information content (AvgIpc) is 3.21. The Morgan fingerprint density at radius 3 is 2.92 bits per heavy atom. The number of nitrogens with zero attached hydrogens (tertiary/aromatic N) is 1. The number of rotatable bonds is 4. The Kier molecular flexibility index (Phi) is 4.26. The van der Waals surface area contributed by atoms with Gasteiger partial charge in [0.2, 0.25) is 0 Å². The molecule has 2 aromatic carbocycles. The number of nitrogens with one attached hydrogen (secondary N) is 2. The molecule has 6 nitrogen and oxygen atoms in total. The summed E-state index contributed by atoms with van der Waals surface area (Å²) in [7, 11) is 0. The zero-order valence-electron chi connectivity index (χ0n) is 13.8. The second-order valence-electron chi connectivity index (χ2n) is 6.11. The van der Waals surface area contributed by atoms with Crippen molar-refractivity contribution in [3.05, 3.63) is 64.8 Å². The molecule has 0 unspecified atom stereocenters. The minimum absolute atomic E-state index is 0.241. The van der Waals surface area contributed by atoms with Crippen LogP contribution in [-0.2, 0) is 11.3 Å². The van der Waals surface area contributed by atoms with Gasteiger partial charge in [-0.2, -0.15) is 0 Å². The van der Waals surface area contributed by atoms with Crippen LogP contribution in [0, 0.1) is 0 Å². The lowest BCUT2D eigenvalue weighted by Crippen LogP contribution is -2.23. The number of aromatic nitrogens is 1. The number of cyclic esters (lactones) is 1. The predicted molar refractivity (Wildman–Crippen MR) is 99.5 cm³/mol. The van der Waals surface area contributed by atoms with Crippen LogP contribution in [0.15, 0.2) is 48.5 Å². The van der Waals surface area contributed by atoms with Crippen LogP contribution in [0.2, 0.25) is 5.02 Å². The molecule has 2 amide bonds. The van der Waals surface area contributed by atoms with E-state index in [0.29, 0.717) is 36.1 Å². The summed E-state index contributed by atoms with van der Waals surface area (Å²) < 4.78 is 4.93. The van der Waals surface area contributed by atoms with Crippen molar-refractivity contribution in [3.8, 4) is 0 Å². The first-order chi connectivity index (χ1) is 12.6. The summed E-state index contributed by atoms with van der Waals surface area (Å²) in [5.41, 5.74) is 2.89. The number of carbonyl (C=O) groups excluding carboxylic acids is 2. The van der Waals surface area contributed by atoms with Crippen LogP contribution in [0.3, 0.4) is 0 Å². The van der Waals surface area contributed by atoms with Gasteiger partial charge in [-0.3, -0.25) is 4.79 Å². The van der Waals surface area contributed by atoms with Crippen molar-refractivity contribution in [3.63, 3.8) is 0 Å². The predicted octanol–water partition coefficient (Wildman–Crippen LogP) is 4.03. The maximum Gasteiger partial charge on any atom is 0.410 e. The third-order valence-corrected chi connectivity index (χ3v) is 4.47. The summed E-state index contributed by atoms with van der Waals surface area (Å²) in [5.74, 6) is -0.241. The van der Waals surface area contributed by atoms with E-state index in [2.05, 4.69) is 10.3 Å². The molecule has 4 rings (SSSR count). The molecule has 0 radical (unpaired) electrons. The summed E-state index contributed by atoms with van der Waals surface area (Å²) in [6, 6.07) is 14.6. The van der Waals surface area contributed by atoms with E-state index in [9.17, 15) is 9.59 Å². The van der Waals surface area contributed by atoms with Crippen LogP contribution in [-0.4, -0.2) is 35.0 Å². The molecule has 0 spiro atoms. The fourth-order valence-electron chi connectivity index (χ4n) is 2.96. The second-order valence-corrected chi connectivity index (χ2v) is 6.54. The Bertz CT molecular complexity index is 999. The van der Waals surface area contributed by atoms with Gasteiger partial charge in [0.05, 0.1) is 6.54 Å². The van der Waals surface area contributed by atoms with Gasteiger partial charge in [0, 0.05) is 28.2 Å². The maximum atomic E-state index is 12.5. The Morgan fingerprint density at radius 2 is 2.12 bits per heavy atom. The molecule has 1 aliphatic rings. The Balaban J connectivity index is 1.49. The molecule has 0 aliphatic carbocycles. The summed E-state index contributed by atoms with van der Waals surface area (Å²) in [6.07, 6.45) is -0.309. The second kappa shape index (κ2) is 6.72. The van der Waals surface area contributed by atoms with E-state index in [1.807, 2.05) is 30.3 Å². The average molecular weight is 370 g/mol. The number of anilines is 1. The van der Waals surface area contributed by atoms with Crippen molar-refractivity contribution in [2.24, 2.45) is 0 Å². The highest BCUT2D eigenvalue weighted by molar-refractivity contribution is 6.31. The normalized spacial score (nSPS) is 13.9. The highest BCUT2D eigenvalue weighted by atomic mass is 35.5. The number of fused-ring (bicyclic) bond motifs is 1. The Morgan fingerprint density at radius 1 is 1.23 bits per heavy atom. The molecule has 0 saturated carbocycles. The van der Waals surface area contributed by atoms with Crippen LogP contribution in [0.4, 0.5) is 10.5 Å². The van der Waals surface area contributed by atoms with Crippen molar-refractivity contribution in [2.75, 3.05) is 18.5 Å². The minimum Gasteiger partial charge on any atom is -0.448 e. The first-order valence-corrected chi connectivity index (χ1v) is 8.56. The van der Waals surface area contributed by atoms with Crippen LogP contribution >= 0.6 is 11.6 Å². The molecule has 7 heteroatoms. The maximum absolute atomic E-state index is 12.5. The zero-order chi connectivity index (χ0) is 18.1. The molecule has 26 heavy (non-hydrogen) atoms. The standard InChI is InChI=1S/C19H16ClN3O3/c20-14-4-5-16-13(9-14)10-17(22-16)18(24)21-15-3-1-2-12(8-15)11-23-6-7-26-19(23)25/h1-5,8-10,22H,6-7,11H2,(H,21,24). The smallest absolute Gasteiger partial charge is 0.410 e. The summed E-state index contributed by atoms with van der Waals surface area (Å²) in [4.78, 5) is 28.8. The van der Waals surface area contributed by atoms with Crippen LogP contribution < -0.4 is 5.32 Å². The fraction of sp³-hybridized carbons (Fsp3) is 0.158. The number of halogens is 1. The van der Waals surface area contributed by atoms with Gasteiger partial charge in [0.15, 0.2) is 0 Å². The highest BCUT2D eigenvalue weighted by Crippen LogP contribution is 2.21. The van der Waals surface area contributed by atoms with Gasteiger partial charge in [-0.05, 0) is 42.0 Å². The lowest BCUT2D eigenvalue weighted by Gasteiger charge is -2.13. The van der Waals surface area contributed by atoms with Gasteiger partial charge >= 0.3 is 6.09 Å². The van der Waals surface area contributed by atoms with E-state index in [1.54, 1.807) is 23.1 Å².